The molecular weight excluding hydrogens is 452 g/mol. The van der Waals surface area contributed by atoms with Gasteiger partial charge in [-0.3, -0.25) is 0 Å². The van der Waals surface area contributed by atoms with Crippen LogP contribution in [0, 0.1) is 0 Å². The molecule has 4 aromatic rings. The van der Waals surface area contributed by atoms with E-state index in [0.29, 0.717) is 6.54 Å². The zero-order valence-electron chi connectivity index (χ0n) is 17.7. The molecule has 6 heteroatoms. The molecule has 6 rings (SSSR count). The third kappa shape index (κ3) is 3.27. The number of hydrogen-bond donors (Lipinski definition) is 1. The molecule has 0 saturated heterocycles. The lowest BCUT2D eigenvalue weighted by Crippen LogP contribution is -2.45. The van der Waals surface area contributed by atoms with Gasteiger partial charge >= 0.3 is 0 Å². The molecule has 0 radical (unpaired) electrons. The lowest BCUT2D eigenvalue weighted by atomic mass is 9.79. The van der Waals surface area contributed by atoms with Gasteiger partial charge in [0.2, 0.25) is 0 Å². The van der Waals surface area contributed by atoms with E-state index in [0.717, 1.165) is 42.4 Å². The summed E-state index contributed by atoms with van der Waals surface area (Å²) in [5.74, 6) is 0.142. The van der Waals surface area contributed by atoms with Crippen LogP contribution in [0.15, 0.2) is 90.6 Å². The zero-order valence-corrected chi connectivity index (χ0v) is 19.3. The van der Waals surface area contributed by atoms with E-state index in [1.54, 1.807) is 17.4 Å². The van der Waals surface area contributed by atoms with Crippen molar-refractivity contribution in [1.29, 1.82) is 0 Å². The molecule has 2 aliphatic heterocycles. The summed E-state index contributed by atoms with van der Waals surface area (Å²) in [6.45, 7) is 4.70. The van der Waals surface area contributed by atoms with Crippen LogP contribution in [-0.2, 0) is 11.4 Å². The maximum absolute atomic E-state index is 10.3. The van der Waals surface area contributed by atoms with Gasteiger partial charge in [0.15, 0.2) is 6.23 Å². The number of hydrogen-bond acceptors (Lipinski definition) is 5. The van der Waals surface area contributed by atoms with Crippen LogP contribution < -0.4 is 0 Å². The summed E-state index contributed by atoms with van der Waals surface area (Å²) in [4.78, 5) is 9.43. The van der Waals surface area contributed by atoms with Gasteiger partial charge in [0.05, 0.1) is 22.7 Å². The Morgan fingerprint density at radius 3 is 2.64 bits per heavy atom. The van der Waals surface area contributed by atoms with Crippen molar-refractivity contribution in [2.24, 2.45) is 5.16 Å². The number of oxime groups is 1. The Morgan fingerprint density at radius 2 is 1.85 bits per heavy atom. The molecule has 0 bridgehead atoms. The van der Waals surface area contributed by atoms with Crippen molar-refractivity contribution in [2.45, 2.75) is 24.7 Å². The van der Waals surface area contributed by atoms with E-state index in [1.165, 1.54) is 0 Å². The largest absolute Gasteiger partial charge is 0.508 e. The first-order chi connectivity index (χ1) is 16.2. The molecule has 0 aliphatic carbocycles. The summed E-state index contributed by atoms with van der Waals surface area (Å²) in [6.07, 6.45) is 1.60. The molecule has 0 fully saturated rings. The van der Waals surface area contributed by atoms with Crippen molar-refractivity contribution in [3.63, 3.8) is 0 Å². The van der Waals surface area contributed by atoms with Gasteiger partial charge in [-0.2, -0.15) is 0 Å². The number of thiophene rings is 1. The van der Waals surface area contributed by atoms with Gasteiger partial charge in [-0.25, -0.2) is 4.90 Å². The fourth-order valence-corrected chi connectivity index (χ4v) is 6.48. The number of phenolic OH excluding ortho intramolecular Hbond substituents is 1. The Labute approximate surface area is 201 Å². The minimum Gasteiger partial charge on any atom is -0.508 e. The predicted molar refractivity (Wildman–Crippen MR) is 134 cm³/mol. The van der Waals surface area contributed by atoms with E-state index in [1.807, 2.05) is 48.5 Å². The first-order valence-corrected chi connectivity index (χ1v) is 12.0. The number of fused-ring (bicyclic) bond motifs is 4. The Bertz CT molecular complexity index is 1400. The van der Waals surface area contributed by atoms with Crippen molar-refractivity contribution in [3.05, 3.63) is 112 Å². The van der Waals surface area contributed by atoms with Crippen LogP contribution in [0.25, 0.3) is 10.1 Å². The highest BCUT2D eigenvalue weighted by atomic mass is 35.5. The summed E-state index contributed by atoms with van der Waals surface area (Å²) in [5, 5.41) is 16.7. The van der Waals surface area contributed by atoms with Gasteiger partial charge < -0.3 is 9.94 Å². The van der Waals surface area contributed by atoms with E-state index in [2.05, 4.69) is 40.9 Å². The summed E-state index contributed by atoms with van der Waals surface area (Å²) >= 11 is 8.50. The van der Waals surface area contributed by atoms with Crippen LogP contribution in [0.2, 0.25) is 5.02 Å². The number of aromatic hydroxyl groups is 1. The number of phenols is 1. The Kier molecular flexibility index (Phi) is 4.98. The van der Waals surface area contributed by atoms with E-state index in [9.17, 15) is 5.11 Å². The molecule has 164 valence electrons. The van der Waals surface area contributed by atoms with Crippen LogP contribution in [-0.4, -0.2) is 21.9 Å². The first-order valence-electron chi connectivity index (χ1n) is 10.8. The Morgan fingerprint density at radius 1 is 1.06 bits per heavy atom. The number of halogens is 1. The average molecular weight is 473 g/mol. The van der Waals surface area contributed by atoms with Gasteiger partial charge in [0.1, 0.15) is 5.75 Å². The molecule has 0 unspecified atom stereocenters. The van der Waals surface area contributed by atoms with Gasteiger partial charge in [-0.05, 0) is 29.3 Å². The third-order valence-corrected chi connectivity index (χ3v) is 8.17. The zero-order chi connectivity index (χ0) is 22.5. The van der Waals surface area contributed by atoms with Crippen LogP contribution in [0.4, 0.5) is 0 Å². The summed E-state index contributed by atoms with van der Waals surface area (Å²) in [5.41, 5.74) is 4.03. The Hall–Kier alpha value is -3.12. The van der Waals surface area contributed by atoms with Crippen molar-refractivity contribution in [2.75, 3.05) is 0 Å². The SMILES string of the molecule is C=C[C@@H]1c2cc(O)ccc2[C@H]2C(c3ccccc3)=NO[C@H]2N1Cc1sc2ccccc2c1Cl. The molecule has 1 aromatic heterocycles. The highest BCUT2D eigenvalue weighted by Crippen LogP contribution is 2.48. The fourth-order valence-electron chi connectivity index (χ4n) is 4.98. The van der Waals surface area contributed by atoms with Crippen molar-refractivity contribution in [1.82, 2.24) is 4.90 Å². The monoisotopic (exact) mass is 472 g/mol. The minimum absolute atomic E-state index is 0.0904. The number of rotatable bonds is 4. The molecule has 33 heavy (non-hydrogen) atoms. The van der Waals surface area contributed by atoms with Gasteiger partial charge in [0, 0.05) is 27.1 Å². The maximum Gasteiger partial charge on any atom is 0.194 e. The fraction of sp³-hybridized carbons (Fsp3) is 0.148. The topological polar surface area (TPSA) is 45.1 Å². The number of nitrogens with zero attached hydrogens (tertiary/aromatic N) is 2. The van der Waals surface area contributed by atoms with E-state index < -0.39 is 0 Å². The van der Waals surface area contributed by atoms with Crippen LogP contribution >= 0.6 is 22.9 Å². The summed E-state index contributed by atoms with van der Waals surface area (Å²) in [7, 11) is 0. The lowest BCUT2D eigenvalue weighted by molar-refractivity contribution is -0.0714. The second kappa shape index (κ2) is 8.03. The molecular formula is C27H21ClN2O2S. The summed E-state index contributed by atoms with van der Waals surface area (Å²) < 4.78 is 1.16. The molecule has 2 aliphatic rings. The second-order valence-electron chi connectivity index (χ2n) is 8.32. The smallest absolute Gasteiger partial charge is 0.194 e. The number of benzene rings is 3. The highest BCUT2D eigenvalue weighted by Gasteiger charge is 2.48. The van der Waals surface area contributed by atoms with Crippen LogP contribution in [0.3, 0.4) is 0 Å². The normalized spacial score (nSPS) is 21.8. The van der Waals surface area contributed by atoms with E-state index >= 15 is 0 Å². The molecule has 1 N–H and O–H groups in total. The highest BCUT2D eigenvalue weighted by molar-refractivity contribution is 7.19. The average Bonchev–Trinajstić information content (AvgIpc) is 3.42. The molecule has 0 spiro atoms. The molecule has 3 heterocycles. The summed E-state index contributed by atoms with van der Waals surface area (Å²) in [6, 6.07) is 23.7. The lowest BCUT2D eigenvalue weighted by Gasteiger charge is -2.42. The first kappa shape index (κ1) is 20.5. The van der Waals surface area contributed by atoms with E-state index in [-0.39, 0.29) is 23.9 Å². The van der Waals surface area contributed by atoms with Gasteiger partial charge in [-0.15, -0.1) is 17.9 Å². The van der Waals surface area contributed by atoms with Crippen LogP contribution in [0.1, 0.15) is 33.5 Å². The molecule has 3 atom stereocenters. The Balaban J connectivity index is 1.48. The predicted octanol–water partition coefficient (Wildman–Crippen LogP) is 6.85. The van der Waals surface area contributed by atoms with Crippen LogP contribution in [0.5, 0.6) is 5.75 Å². The molecule has 3 aromatic carbocycles. The molecule has 0 amide bonds. The van der Waals surface area contributed by atoms with Gasteiger partial charge in [0.25, 0.3) is 0 Å². The minimum atomic E-state index is -0.304. The second-order valence-corrected chi connectivity index (χ2v) is 9.83. The molecule has 4 nitrogen and oxygen atoms in total. The quantitative estimate of drug-likeness (QED) is 0.330. The van der Waals surface area contributed by atoms with Crippen molar-refractivity contribution >= 4 is 38.7 Å². The van der Waals surface area contributed by atoms with Crippen molar-refractivity contribution in [3.8, 4) is 5.75 Å². The van der Waals surface area contributed by atoms with Crippen molar-refractivity contribution < 1.29 is 9.94 Å². The van der Waals surface area contributed by atoms with Gasteiger partial charge in [-0.1, -0.05) is 77.4 Å². The molecule has 0 saturated carbocycles. The third-order valence-electron chi connectivity index (χ3n) is 6.47. The van der Waals surface area contributed by atoms with E-state index in [4.69, 9.17) is 16.4 Å². The standard InChI is InChI=1S/C27H21ClN2O2S/c1-2-21-20-14-17(31)12-13-18(20)24-26(16-8-4-3-5-9-16)29-32-27(24)30(21)15-23-25(28)19-10-6-7-11-22(19)33-23/h2-14,21,24,27,31H,1,15H2/t21-,24+,27-/m1/s1. The maximum atomic E-state index is 10.3.